The Kier molecular flexibility index (Phi) is 4.48. The van der Waals surface area contributed by atoms with Gasteiger partial charge in [0.05, 0.1) is 22.3 Å². The van der Waals surface area contributed by atoms with Crippen LogP contribution in [-0.2, 0) is 0 Å². The molecule has 0 saturated carbocycles. The van der Waals surface area contributed by atoms with E-state index in [0.717, 1.165) is 0 Å². The predicted molar refractivity (Wildman–Crippen MR) is 116 cm³/mol. The quantitative estimate of drug-likeness (QED) is 0.349. The monoisotopic (exact) mass is 410 g/mol. The smallest absolute Gasteiger partial charge is 0.296 e. The number of carbonyl (C=O) groups is 1. The summed E-state index contributed by atoms with van der Waals surface area (Å²) in [6.45, 7) is 0. The SMILES string of the molecule is O=C(N=Nc1c(O)[nH]c2ccccc12)c1cc(-c2ccc(F)cc2)nc2ccccc12. The van der Waals surface area contributed by atoms with Crippen LogP contribution in [0.4, 0.5) is 10.1 Å². The molecule has 2 N–H and O–H groups in total. The molecule has 0 bridgehead atoms. The average Bonchev–Trinajstić information content (AvgIpc) is 3.12. The van der Waals surface area contributed by atoms with E-state index >= 15 is 0 Å². The molecular formula is C24H15FN4O2. The molecule has 0 aliphatic carbocycles. The Bertz CT molecular complexity index is 1470. The van der Waals surface area contributed by atoms with Gasteiger partial charge in [0, 0.05) is 16.3 Å². The second-order valence-corrected chi connectivity index (χ2v) is 6.95. The Labute approximate surface area is 175 Å². The van der Waals surface area contributed by atoms with Gasteiger partial charge in [-0.2, -0.15) is 0 Å². The zero-order chi connectivity index (χ0) is 21.4. The maximum absolute atomic E-state index is 13.3. The fourth-order valence-electron chi connectivity index (χ4n) is 3.48. The van der Waals surface area contributed by atoms with Gasteiger partial charge < -0.3 is 10.1 Å². The van der Waals surface area contributed by atoms with Crippen LogP contribution in [-0.4, -0.2) is 21.0 Å². The van der Waals surface area contributed by atoms with Crippen molar-refractivity contribution >= 4 is 33.4 Å². The second-order valence-electron chi connectivity index (χ2n) is 6.95. The molecule has 7 heteroatoms. The molecule has 0 saturated heterocycles. The Morgan fingerprint density at radius 1 is 0.935 bits per heavy atom. The number of benzene rings is 3. The molecule has 5 rings (SSSR count). The number of pyridine rings is 1. The number of aromatic nitrogens is 2. The first kappa shape index (κ1) is 18.6. The van der Waals surface area contributed by atoms with Crippen LogP contribution in [0, 0.1) is 5.82 Å². The van der Waals surface area contributed by atoms with Gasteiger partial charge >= 0.3 is 0 Å². The molecule has 0 aliphatic heterocycles. The molecular weight excluding hydrogens is 395 g/mol. The Morgan fingerprint density at radius 3 is 2.45 bits per heavy atom. The molecule has 6 nitrogen and oxygen atoms in total. The number of para-hydroxylation sites is 2. The van der Waals surface area contributed by atoms with Crippen molar-refractivity contribution in [2.24, 2.45) is 10.2 Å². The summed E-state index contributed by atoms with van der Waals surface area (Å²) in [5.74, 6) is -1.09. The largest absolute Gasteiger partial charge is 0.493 e. The van der Waals surface area contributed by atoms with Crippen molar-refractivity contribution in [3.05, 3.63) is 90.2 Å². The lowest BCUT2D eigenvalue weighted by atomic mass is 10.0. The highest BCUT2D eigenvalue weighted by Gasteiger charge is 2.15. The summed E-state index contributed by atoms with van der Waals surface area (Å²) in [6, 6.07) is 21.9. The molecule has 150 valence electrons. The lowest BCUT2D eigenvalue weighted by molar-refractivity contribution is 0.0996. The zero-order valence-corrected chi connectivity index (χ0v) is 16.1. The maximum atomic E-state index is 13.3. The van der Waals surface area contributed by atoms with Crippen molar-refractivity contribution in [2.45, 2.75) is 0 Å². The highest BCUT2D eigenvalue weighted by Crippen LogP contribution is 2.35. The number of aromatic amines is 1. The first-order valence-corrected chi connectivity index (χ1v) is 9.51. The molecule has 3 aromatic carbocycles. The molecule has 5 aromatic rings. The number of aromatic hydroxyl groups is 1. The summed E-state index contributed by atoms with van der Waals surface area (Å²) in [5, 5.41) is 19.3. The molecule has 0 spiro atoms. The Balaban J connectivity index is 1.60. The third kappa shape index (κ3) is 3.42. The minimum absolute atomic E-state index is 0.163. The predicted octanol–water partition coefficient (Wildman–Crippen LogP) is 6.15. The lowest BCUT2D eigenvalue weighted by Gasteiger charge is -2.07. The molecule has 0 atom stereocenters. The number of halogens is 1. The van der Waals surface area contributed by atoms with Gasteiger partial charge in [-0.3, -0.25) is 4.79 Å². The normalized spacial score (nSPS) is 11.5. The van der Waals surface area contributed by atoms with E-state index in [0.29, 0.717) is 38.6 Å². The zero-order valence-electron chi connectivity index (χ0n) is 16.1. The van der Waals surface area contributed by atoms with E-state index in [4.69, 9.17) is 0 Å². The van der Waals surface area contributed by atoms with E-state index in [-0.39, 0.29) is 17.4 Å². The third-order valence-electron chi connectivity index (χ3n) is 4.99. The van der Waals surface area contributed by atoms with Crippen LogP contribution in [0.2, 0.25) is 0 Å². The molecule has 0 radical (unpaired) electrons. The fraction of sp³-hybridized carbons (Fsp3) is 0. The average molecular weight is 410 g/mol. The summed E-state index contributed by atoms with van der Waals surface area (Å²) in [4.78, 5) is 20.4. The number of hydrogen-bond acceptors (Lipinski definition) is 4. The topological polar surface area (TPSA) is 90.7 Å². The Hall–Kier alpha value is -4.39. The molecule has 0 aliphatic rings. The number of carbonyl (C=O) groups excluding carboxylic acids is 1. The van der Waals surface area contributed by atoms with Crippen LogP contribution in [0.3, 0.4) is 0 Å². The number of rotatable bonds is 3. The number of hydrogen-bond donors (Lipinski definition) is 2. The van der Waals surface area contributed by atoms with E-state index in [9.17, 15) is 14.3 Å². The molecule has 0 fully saturated rings. The van der Waals surface area contributed by atoms with Crippen molar-refractivity contribution in [2.75, 3.05) is 0 Å². The summed E-state index contributed by atoms with van der Waals surface area (Å²) in [6.07, 6.45) is 0. The lowest BCUT2D eigenvalue weighted by Crippen LogP contribution is -1.99. The van der Waals surface area contributed by atoms with E-state index in [1.165, 1.54) is 12.1 Å². The summed E-state index contributed by atoms with van der Waals surface area (Å²) >= 11 is 0. The second kappa shape index (κ2) is 7.46. The first-order chi connectivity index (χ1) is 15.1. The number of nitrogens with zero attached hydrogens (tertiary/aromatic N) is 3. The van der Waals surface area contributed by atoms with Gasteiger partial charge in [-0.15, -0.1) is 10.2 Å². The minimum atomic E-state index is -0.577. The van der Waals surface area contributed by atoms with E-state index in [1.807, 2.05) is 18.2 Å². The van der Waals surface area contributed by atoms with Crippen molar-refractivity contribution in [3.63, 3.8) is 0 Å². The van der Waals surface area contributed by atoms with Crippen LogP contribution < -0.4 is 0 Å². The standard InChI is InChI=1S/C24H15FN4O2/c25-15-11-9-14(10-12-15)21-13-18(16-5-1-3-7-19(16)26-21)23(30)29-28-22-17-6-2-4-8-20(17)27-24(22)31/h1-13,27,31H. The van der Waals surface area contributed by atoms with Crippen LogP contribution in [0.25, 0.3) is 33.1 Å². The van der Waals surface area contributed by atoms with Crippen LogP contribution in [0.5, 0.6) is 5.88 Å². The molecule has 0 unspecified atom stereocenters. The fourth-order valence-corrected chi connectivity index (χ4v) is 3.48. The number of amides is 1. The number of H-pyrrole nitrogens is 1. The number of fused-ring (bicyclic) bond motifs is 2. The van der Waals surface area contributed by atoms with E-state index in [2.05, 4.69) is 20.2 Å². The molecule has 2 aromatic heterocycles. The van der Waals surface area contributed by atoms with Gasteiger partial charge in [0.2, 0.25) is 5.88 Å². The van der Waals surface area contributed by atoms with Crippen LogP contribution in [0.15, 0.2) is 89.1 Å². The highest BCUT2D eigenvalue weighted by atomic mass is 19.1. The van der Waals surface area contributed by atoms with Gasteiger partial charge in [0.15, 0.2) is 5.69 Å². The first-order valence-electron chi connectivity index (χ1n) is 9.51. The van der Waals surface area contributed by atoms with E-state index in [1.54, 1.807) is 48.5 Å². The number of azo groups is 1. The summed E-state index contributed by atoms with van der Waals surface area (Å²) < 4.78 is 13.3. The highest BCUT2D eigenvalue weighted by molar-refractivity contribution is 6.07. The van der Waals surface area contributed by atoms with Crippen LogP contribution in [0.1, 0.15) is 10.4 Å². The van der Waals surface area contributed by atoms with Crippen molar-refractivity contribution in [1.82, 2.24) is 9.97 Å². The maximum Gasteiger partial charge on any atom is 0.296 e. The third-order valence-corrected chi connectivity index (χ3v) is 4.99. The Morgan fingerprint density at radius 2 is 1.65 bits per heavy atom. The van der Waals surface area contributed by atoms with Crippen LogP contribution >= 0.6 is 0 Å². The van der Waals surface area contributed by atoms with Gasteiger partial charge in [-0.05, 0) is 42.5 Å². The minimum Gasteiger partial charge on any atom is -0.493 e. The van der Waals surface area contributed by atoms with Gasteiger partial charge in [-0.1, -0.05) is 36.4 Å². The molecule has 2 heterocycles. The number of nitrogens with one attached hydrogen (secondary N) is 1. The van der Waals surface area contributed by atoms with Gasteiger partial charge in [0.25, 0.3) is 5.91 Å². The van der Waals surface area contributed by atoms with E-state index < -0.39 is 5.91 Å². The van der Waals surface area contributed by atoms with Gasteiger partial charge in [-0.25, -0.2) is 9.37 Å². The van der Waals surface area contributed by atoms with Crippen molar-refractivity contribution in [1.29, 1.82) is 0 Å². The summed E-state index contributed by atoms with van der Waals surface area (Å²) in [5.41, 5.74) is 3.00. The van der Waals surface area contributed by atoms with Crippen molar-refractivity contribution < 1.29 is 14.3 Å². The molecule has 31 heavy (non-hydrogen) atoms. The van der Waals surface area contributed by atoms with Crippen molar-refractivity contribution in [3.8, 4) is 17.1 Å². The molecule has 1 amide bonds. The van der Waals surface area contributed by atoms with Gasteiger partial charge in [0.1, 0.15) is 5.82 Å². The summed E-state index contributed by atoms with van der Waals surface area (Å²) in [7, 11) is 0.